The predicted molar refractivity (Wildman–Crippen MR) is 82.0 cm³/mol. The molecule has 0 bridgehead atoms. The third-order valence-electron chi connectivity index (χ3n) is 3.18. The molecule has 1 aromatic carbocycles. The standard InChI is InChI=1S/C17H22N2O/c1-3-19-17(11-14-7-6-10-18-13-14)15-8-5-9-16(12-15)20-4-2/h5-10,12-13,17,19H,3-4,11H2,1-2H3. The monoisotopic (exact) mass is 270 g/mol. The van der Waals surface area contributed by atoms with Crippen molar-refractivity contribution >= 4 is 0 Å². The molecular formula is C17H22N2O. The molecule has 0 saturated heterocycles. The molecule has 20 heavy (non-hydrogen) atoms. The Morgan fingerprint density at radius 2 is 2.10 bits per heavy atom. The molecule has 1 atom stereocenters. The van der Waals surface area contributed by atoms with Gasteiger partial charge in [-0.05, 0) is 49.2 Å². The fourth-order valence-electron chi connectivity index (χ4n) is 2.30. The van der Waals surface area contributed by atoms with Gasteiger partial charge in [0.15, 0.2) is 0 Å². The number of nitrogens with zero attached hydrogens (tertiary/aromatic N) is 1. The Bertz CT molecular complexity index is 513. The molecule has 0 saturated carbocycles. The first kappa shape index (κ1) is 14.5. The molecular weight excluding hydrogens is 248 g/mol. The van der Waals surface area contributed by atoms with E-state index in [0.29, 0.717) is 6.61 Å². The van der Waals surface area contributed by atoms with Crippen LogP contribution in [0.1, 0.15) is 31.0 Å². The molecule has 3 heteroatoms. The number of aromatic nitrogens is 1. The maximum absolute atomic E-state index is 5.58. The van der Waals surface area contributed by atoms with E-state index in [0.717, 1.165) is 18.7 Å². The van der Waals surface area contributed by atoms with E-state index in [2.05, 4.69) is 35.4 Å². The summed E-state index contributed by atoms with van der Waals surface area (Å²) in [7, 11) is 0. The molecule has 1 N–H and O–H groups in total. The lowest BCUT2D eigenvalue weighted by atomic mass is 9.99. The van der Waals surface area contributed by atoms with Crippen LogP contribution in [0.2, 0.25) is 0 Å². The molecule has 1 aromatic heterocycles. The van der Waals surface area contributed by atoms with E-state index in [-0.39, 0.29) is 6.04 Å². The number of hydrogen-bond acceptors (Lipinski definition) is 3. The molecule has 0 radical (unpaired) electrons. The molecule has 2 rings (SSSR count). The molecule has 1 unspecified atom stereocenters. The summed E-state index contributed by atoms with van der Waals surface area (Å²) in [5, 5.41) is 3.53. The molecule has 0 aliphatic rings. The first-order chi connectivity index (χ1) is 9.83. The van der Waals surface area contributed by atoms with E-state index in [1.165, 1.54) is 11.1 Å². The second-order valence-electron chi connectivity index (χ2n) is 4.68. The van der Waals surface area contributed by atoms with Crippen molar-refractivity contribution in [3.05, 3.63) is 59.9 Å². The number of pyridine rings is 1. The summed E-state index contributed by atoms with van der Waals surface area (Å²) in [5.74, 6) is 0.930. The first-order valence-electron chi connectivity index (χ1n) is 7.18. The highest BCUT2D eigenvalue weighted by atomic mass is 16.5. The summed E-state index contributed by atoms with van der Waals surface area (Å²) in [6, 6.07) is 12.7. The Hall–Kier alpha value is -1.87. The van der Waals surface area contributed by atoms with Crippen molar-refractivity contribution in [3.8, 4) is 5.75 Å². The molecule has 0 spiro atoms. The van der Waals surface area contributed by atoms with Crippen molar-refractivity contribution in [1.29, 1.82) is 0 Å². The highest BCUT2D eigenvalue weighted by Crippen LogP contribution is 2.22. The van der Waals surface area contributed by atoms with Gasteiger partial charge in [0, 0.05) is 18.4 Å². The summed E-state index contributed by atoms with van der Waals surface area (Å²) in [4.78, 5) is 4.19. The van der Waals surface area contributed by atoms with Crippen molar-refractivity contribution in [2.75, 3.05) is 13.2 Å². The zero-order chi connectivity index (χ0) is 14.2. The van der Waals surface area contributed by atoms with Gasteiger partial charge in [0.1, 0.15) is 5.75 Å². The van der Waals surface area contributed by atoms with Crippen LogP contribution in [0.4, 0.5) is 0 Å². The van der Waals surface area contributed by atoms with E-state index < -0.39 is 0 Å². The second kappa shape index (κ2) is 7.65. The average molecular weight is 270 g/mol. The largest absolute Gasteiger partial charge is 0.494 e. The minimum Gasteiger partial charge on any atom is -0.494 e. The highest BCUT2D eigenvalue weighted by molar-refractivity contribution is 5.31. The van der Waals surface area contributed by atoms with Crippen LogP contribution in [0.15, 0.2) is 48.8 Å². The van der Waals surface area contributed by atoms with Gasteiger partial charge in [0.2, 0.25) is 0 Å². The van der Waals surface area contributed by atoms with E-state index in [9.17, 15) is 0 Å². The van der Waals surface area contributed by atoms with Crippen LogP contribution in [0.3, 0.4) is 0 Å². The highest BCUT2D eigenvalue weighted by Gasteiger charge is 2.12. The van der Waals surface area contributed by atoms with Crippen molar-refractivity contribution in [2.24, 2.45) is 0 Å². The van der Waals surface area contributed by atoms with Crippen molar-refractivity contribution in [2.45, 2.75) is 26.3 Å². The lowest BCUT2D eigenvalue weighted by Gasteiger charge is -2.19. The summed E-state index contributed by atoms with van der Waals surface area (Å²) in [5.41, 5.74) is 2.49. The van der Waals surface area contributed by atoms with Crippen LogP contribution < -0.4 is 10.1 Å². The van der Waals surface area contributed by atoms with Crippen LogP contribution in [0, 0.1) is 0 Å². The van der Waals surface area contributed by atoms with Crippen LogP contribution in [0.25, 0.3) is 0 Å². The molecule has 0 fully saturated rings. The van der Waals surface area contributed by atoms with Crippen molar-refractivity contribution in [1.82, 2.24) is 10.3 Å². The molecule has 3 nitrogen and oxygen atoms in total. The average Bonchev–Trinajstić information content (AvgIpc) is 2.49. The SMILES string of the molecule is CCNC(Cc1cccnc1)c1cccc(OCC)c1. The van der Waals surface area contributed by atoms with Gasteiger partial charge in [-0.2, -0.15) is 0 Å². The maximum Gasteiger partial charge on any atom is 0.119 e. The van der Waals surface area contributed by atoms with Gasteiger partial charge in [-0.15, -0.1) is 0 Å². The van der Waals surface area contributed by atoms with Crippen LogP contribution in [-0.2, 0) is 6.42 Å². The Kier molecular flexibility index (Phi) is 5.56. The number of nitrogens with one attached hydrogen (secondary N) is 1. The van der Waals surface area contributed by atoms with Gasteiger partial charge < -0.3 is 10.1 Å². The van der Waals surface area contributed by atoms with Crippen LogP contribution >= 0.6 is 0 Å². The van der Waals surface area contributed by atoms with Crippen LogP contribution in [-0.4, -0.2) is 18.1 Å². The third-order valence-corrected chi connectivity index (χ3v) is 3.18. The smallest absolute Gasteiger partial charge is 0.119 e. The number of benzene rings is 1. The summed E-state index contributed by atoms with van der Waals surface area (Å²) in [6.45, 7) is 5.76. The summed E-state index contributed by atoms with van der Waals surface area (Å²) >= 11 is 0. The predicted octanol–water partition coefficient (Wildman–Crippen LogP) is 3.37. The Morgan fingerprint density at radius 3 is 2.80 bits per heavy atom. The van der Waals surface area contributed by atoms with E-state index in [1.807, 2.05) is 37.5 Å². The third kappa shape index (κ3) is 4.07. The summed E-state index contributed by atoms with van der Waals surface area (Å²) < 4.78 is 5.58. The molecule has 0 aliphatic carbocycles. The maximum atomic E-state index is 5.58. The minimum absolute atomic E-state index is 0.282. The molecule has 106 valence electrons. The zero-order valence-electron chi connectivity index (χ0n) is 12.2. The fraction of sp³-hybridized carbons (Fsp3) is 0.353. The number of ether oxygens (including phenoxy) is 1. The van der Waals surface area contributed by atoms with Gasteiger partial charge in [-0.1, -0.05) is 25.1 Å². The quantitative estimate of drug-likeness (QED) is 0.837. The number of rotatable bonds is 7. The fourth-order valence-corrected chi connectivity index (χ4v) is 2.30. The van der Waals surface area contributed by atoms with Crippen molar-refractivity contribution in [3.63, 3.8) is 0 Å². The van der Waals surface area contributed by atoms with Gasteiger partial charge >= 0.3 is 0 Å². The number of likely N-dealkylation sites (N-methyl/N-ethyl adjacent to an activating group) is 1. The van der Waals surface area contributed by atoms with Gasteiger partial charge in [-0.3, -0.25) is 4.98 Å². The van der Waals surface area contributed by atoms with E-state index in [1.54, 1.807) is 0 Å². The zero-order valence-corrected chi connectivity index (χ0v) is 12.2. The Balaban J connectivity index is 2.17. The van der Waals surface area contributed by atoms with Crippen LogP contribution in [0.5, 0.6) is 5.75 Å². The molecule has 0 aliphatic heterocycles. The molecule has 0 amide bonds. The normalized spacial score (nSPS) is 12.1. The molecule has 2 aromatic rings. The van der Waals surface area contributed by atoms with E-state index in [4.69, 9.17) is 4.74 Å². The Morgan fingerprint density at radius 1 is 1.20 bits per heavy atom. The number of hydrogen-bond donors (Lipinski definition) is 1. The minimum atomic E-state index is 0.282. The van der Waals surface area contributed by atoms with Gasteiger partial charge in [0.05, 0.1) is 6.61 Å². The first-order valence-corrected chi connectivity index (χ1v) is 7.18. The topological polar surface area (TPSA) is 34.2 Å². The van der Waals surface area contributed by atoms with Gasteiger partial charge in [-0.25, -0.2) is 0 Å². The van der Waals surface area contributed by atoms with Crippen molar-refractivity contribution < 1.29 is 4.74 Å². The summed E-state index contributed by atoms with van der Waals surface area (Å²) in [6.07, 6.45) is 4.66. The second-order valence-corrected chi connectivity index (χ2v) is 4.68. The lowest BCUT2D eigenvalue weighted by molar-refractivity contribution is 0.339. The van der Waals surface area contributed by atoms with Gasteiger partial charge in [0.25, 0.3) is 0 Å². The molecule has 1 heterocycles. The lowest BCUT2D eigenvalue weighted by Crippen LogP contribution is -2.23. The van der Waals surface area contributed by atoms with E-state index >= 15 is 0 Å². The Labute approximate surface area is 121 Å².